The van der Waals surface area contributed by atoms with Gasteiger partial charge in [0.2, 0.25) is 0 Å². The zero-order chi connectivity index (χ0) is 9.14. The summed E-state index contributed by atoms with van der Waals surface area (Å²) >= 11 is 0. The normalized spacial score (nSPS) is 7.47. The van der Waals surface area contributed by atoms with Gasteiger partial charge in [-0.2, -0.15) is 0 Å². The average Bonchev–Trinajstić information content (AvgIpc) is 2.04. The highest BCUT2D eigenvalue weighted by atomic mass is 16.6. The molecule has 1 rings (SSSR count). The fourth-order valence-corrected chi connectivity index (χ4v) is 0.726. The van der Waals surface area contributed by atoms with Crippen LogP contribution in [0.2, 0.25) is 0 Å². The first kappa shape index (κ1) is 18.7. The molecule has 0 atom stereocenters. The van der Waals surface area contributed by atoms with Crippen LogP contribution in [0.3, 0.4) is 0 Å². The Balaban J connectivity index is -0.000000480. The fraction of sp³-hybridized carbons (Fsp3) is 0. The van der Waals surface area contributed by atoms with Crippen LogP contribution in [-0.2, 0) is 0 Å². The molecule has 0 spiro atoms. The van der Waals surface area contributed by atoms with Crippen LogP contribution in [0.25, 0.3) is 0 Å². The molecule has 0 aliphatic heterocycles. The van der Waals surface area contributed by atoms with Crippen molar-refractivity contribution in [1.82, 2.24) is 6.15 Å². The highest BCUT2D eigenvalue weighted by molar-refractivity contribution is 5.87. The maximum atomic E-state index is 10.3. The Morgan fingerprint density at radius 2 is 1.60 bits per heavy atom. The molecule has 0 saturated carbocycles. The standard InChI is InChI=1S/C7H5NO4.H3N.2H2O/c9-7(10)5-1-3-6(4-2-5)8(11)12;;;/h1-4H,(H,9,10);1H3;2*1H2. The fourth-order valence-electron chi connectivity index (χ4n) is 0.726. The molecule has 8 N–H and O–H groups in total. The molecule has 8 nitrogen and oxygen atoms in total. The van der Waals surface area contributed by atoms with Gasteiger partial charge in [-0.1, -0.05) is 0 Å². The summed E-state index contributed by atoms with van der Waals surface area (Å²) in [5.41, 5.74) is -0.0689. The lowest BCUT2D eigenvalue weighted by Gasteiger charge is -1.92. The number of nitrogens with zero attached hydrogens (tertiary/aromatic N) is 1. The summed E-state index contributed by atoms with van der Waals surface area (Å²) in [5, 5.41) is 18.6. The zero-order valence-corrected chi connectivity index (χ0v) is 7.64. The van der Waals surface area contributed by atoms with E-state index in [0.717, 1.165) is 12.1 Å². The van der Waals surface area contributed by atoms with E-state index in [0.29, 0.717) is 0 Å². The maximum Gasteiger partial charge on any atom is 0.335 e. The highest BCUT2D eigenvalue weighted by Crippen LogP contribution is 2.11. The second-order valence-corrected chi connectivity index (χ2v) is 2.11. The van der Waals surface area contributed by atoms with Gasteiger partial charge in [0.05, 0.1) is 10.5 Å². The first-order chi connectivity index (χ1) is 5.61. The molecule has 0 bridgehead atoms. The number of benzene rings is 1. The Hall–Kier alpha value is -2.03. The van der Waals surface area contributed by atoms with Gasteiger partial charge in [-0.05, 0) is 12.1 Å². The van der Waals surface area contributed by atoms with Gasteiger partial charge in [0.15, 0.2) is 0 Å². The van der Waals surface area contributed by atoms with E-state index in [1.807, 2.05) is 0 Å². The van der Waals surface area contributed by atoms with Gasteiger partial charge in [0.1, 0.15) is 0 Å². The molecule has 0 amide bonds. The van der Waals surface area contributed by atoms with Crippen LogP contribution in [0, 0.1) is 10.1 Å². The third-order valence-corrected chi connectivity index (χ3v) is 1.33. The number of nitro groups is 1. The first-order valence-corrected chi connectivity index (χ1v) is 3.09. The maximum absolute atomic E-state index is 10.3. The molecule has 0 heterocycles. The number of hydrogen-bond acceptors (Lipinski definition) is 4. The minimum Gasteiger partial charge on any atom is -0.478 e. The van der Waals surface area contributed by atoms with Gasteiger partial charge in [0, 0.05) is 12.1 Å². The Labute approximate surface area is 84.5 Å². The summed E-state index contributed by atoms with van der Waals surface area (Å²) < 4.78 is 0. The van der Waals surface area contributed by atoms with Crippen molar-refractivity contribution < 1.29 is 25.8 Å². The van der Waals surface area contributed by atoms with Crippen LogP contribution in [0.5, 0.6) is 0 Å². The topological polar surface area (TPSA) is 178 Å². The Morgan fingerprint density at radius 1 is 1.20 bits per heavy atom. The van der Waals surface area contributed by atoms with E-state index < -0.39 is 10.9 Å². The number of carbonyl (C=O) groups is 1. The Kier molecular flexibility index (Phi) is 9.20. The van der Waals surface area contributed by atoms with E-state index in [1.54, 1.807) is 0 Å². The van der Waals surface area contributed by atoms with Gasteiger partial charge in [-0.15, -0.1) is 0 Å². The van der Waals surface area contributed by atoms with Gasteiger partial charge < -0.3 is 22.2 Å². The lowest BCUT2D eigenvalue weighted by molar-refractivity contribution is -0.384. The quantitative estimate of drug-likeness (QED) is 0.516. The third kappa shape index (κ3) is 4.67. The summed E-state index contributed by atoms with van der Waals surface area (Å²) in [5.74, 6) is -1.09. The molecular formula is C7H12N2O6. The second-order valence-electron chi connectivity index (χ2n) is 2.11. The first-order valence-electron chi connectivity index (χ1n) is 3.09. The summed E-state index contributed by atoms with van der Waals surface area (Å²) in [6.45, 7) is 0. The minimum atomic E-state index is -1.09. The van der Waals surface area contributed by atoms with E-state index in [9.17, 15) is 14.9 Å². The van der Waals surface area contributed by atoms with Crippen LogP contribution in [0.1, 0.15) is 10.4 Å². The van der Waals surface area contributed by atoms with Crippen molar-refractivity contribution >= 4 is 11.7 Å². The lowest BCUT2D eigenvalue weighted by Crippen LogP contribution is -1.96. The van der Waals surface area contributed by atoms with Crippen LogP contribution < -0.4 is 6.15 Å². The molecule has 0 aliphatic carbocycles. The van der Waals surface area contributed by atoms with Crippen molar-refractivity contribution in [3.8, 4) is 0 Å². The number of hydrogen-bond donors (Lipinski definition) is 2. The molecule has 15 heavy (non-hydrogen) atoms. The van der Waals surface area contributed by atoms with Crippen LogP contribution in [-0.4, -0.2) is 27.0 Å². The molecule has 1 aromatic carbocycles. The van der Waals surface area contributed by atoms with E-state index >= 15 is 0 Å². The zero-order valence-electron chi connectivity index (χ0n) is 7.64. The predicted octanol–water partition coefficient (Wildman–Crippen LogP) is -0.194. The summed E-state index contributed by atoms with van der Waals surface area (Å²) in [6, 6.07) is 4.70. The van der Waals surface area contributed by atoms with Crippen molar-refractivity contribution in [2.24, 2.45) is 0 Å². The summed E-state index contributed by atoms with van der Waals surface area (Å²) in [6.07, 6.45) is 0. The molecule has 0 fully saturated rings. The smallest absolute Gasteiger partial charge is 0.335 e. The molecule has 0 aliphatic rings. The molecular weight excluding hydrogens is 208 g/mol. The summed E-state index contributed by atoms with van der Waals surface area (Å²) in [4.78, 5) is 19.9. The Morgan fingerprint density at radius 3 is 1.87 bits per heavy atom. The van der Waals surface area contributed by atoms with Crippen molar-refractivity contribution in [2.75, 3.05) is 0 Å². The number of carboxylic acids is 1. The average molecular weight is 220 g/mol. The Bertz CT molecular complexity index is 290. The SMILES string of the molecule is N.O.O.O=C(O)c1ccc([N+](=O)[O-])cc1. The molecule has 0 unspecified atom stereocenters. The van der Waals surface area contributed by atoms with Crippen molar-refractivity contribution in [3.05, 3.63) is 39.9 Å². The predicted molar refractivity (Wildman–Crippen MR) is 52.3 cm³/mol. The van der Waals surface area contributed by atoms with Gasteiger partial charge in [0.25, 0.3) is 5.69 Å². The monoisotopic (exact) mass is 220 g/mol. The molecule has 1 aromatic rings. The van der Waals surface area contributed by atoms with E-state index in [-0.39, 0.29) is 28.4 Å². The second kappa shape index (κ2) is 7.38. The van der Waals surface area contributed by atoms with E-state index in [2.05, 4.69) is 0 Å². The molecule has 0 aromatic heterocycles. The van der Waals surface area contributed by atoms with Crippen molar-refractivity contribution in [2.45, 2.75) is 0 Å². The van der Waals surface area contributed by atoms with Gasteiger partial charge >= 0.3 is 5.97 Å². The lowest BCUT2D eigenvalue weighted by atomic mass is 10.2. The highest BCUT2D eigenvalue weighted by Gasteiger charge is 2.06. The van der Waals surface area contributed by atoms with Crippen LogP contribution in [0.4, 0.5) is 5.69 Å². The van der Waals surface area contributed by atoms with Gasteiger partial charge in [-0.3, -0.25) is 10.1 Å². The van der Waals surface area contributed by atoms with Crippen molar-refractivity contribution in [1.29, 1.82) is 0 Å². The minimum absolute atomic E-state index is 0. The van der Waals surface area contributed by atoms with E-state index in [4.69, 9.17) is 5.11 Å². The number of aromatic carboxylic acids is 1. The largest absolute Gasteiger partial charge is 0.478 e. The summed E-state index contributed by atoms with van der Waals surface area (Å²) in [7, 11) is 0. The van der Waals surface area contributed by atoms with Gasteiger partial charge in [-0.25, -0.2) is 4.79 Å². The van der Waals surface area contributed by atoms with Crippen LogP contribution >= 0.6 is 0 Å². The molecule has 8 heteroatoms. The van der Waals surface area contributed by atoms with E-state index in [1.165, 1.54) is 12.1 Å². The number of nitro benzene ring substituents is 1. The molecule has 0 saturated heterocycles. The molecule has 0 radical (unpaired) electrons. The van der Waals surface area contributed by atoms with Crippen LogP contribution in [0.15, 0.2) is 24.3 Å². The third-order valence-electron chi connectivity index (χ3n) is 1.33. The molecule has 86 valence electrons. The number of carboxylic acid groups (broad SMARTS) is 1. The number of rotatable bonds is 2. The van der Waals surface area contributed by atoms with Crippen molar-refractivity contribution in [3.63, 3.8) is 0 Å². The number of non-ortho nitro benzene ring substituents is 1.